The van der Waals surface area contributed by atoms with Crippen molar-refractivity contribution in [3.05, 3.63) is 53.1 Å². The second kappa shape index (κ2) is 9.47. The molecule has 0 aliphatic rings. The summed E-state index contributed by atoms with van der Waals surface area (Å²) in [5.41, 5.74) is 2.32. The van der Waals surface area contributed by atoms with Gasteiger partial charge in [-0.05, 0) is 38.5 Å². The van der Waals surface area contributed by atoms with E-state index < -0.39 is 20.0 Å². The van der Waals surface area contributed by atoms with Crippen molar-refractivity contribution in [2.24, 2.45) is 0 Å². The van der Waals surface area contributed by atoms with Gasteiger partial charge in [-0.1, -0.05) is 0 Å². The highest BCUT2D eigenvalue weighted by Gasteiger charge is 2.33. The minimum absolute atomic E-state index is 0.0389. The molecule has 0 unspecified atom stereocenters. The summed E-state index contributed by atoms with van der Waals surface area (Å²) in [5.74, 6) is -0.000743. The summed E-state index contributed by atoms with van der Waals surface area (Å²) in [7, 11) is -7.35. The van der Waals surface area contributed by atoms with Crippen LogP contribution in [-0.2, 0) is 20.0 Å². The number of hydrogen-bond acceptors (Lipinski definition) is 10. The van der Waals surface area contributed by atoms with Crippen LogP contribution in [0, 0.1) is 32.1 Å². The predicted molar refractivity (Wildman–Crippen MR) is 129 cm³/mol. The summed E-state index contributed by atoms with van der Waals surface area (Å²) in [6.07, 6.45) is 4.30. The standard InChI is InChI=1S/C22H23N5O6S2/c1-13-7-14(2)25-15(3)21(13)33-22-18(27(34(5,28)29)35(6,30)31)9-19(32-4)20(26-22)17-8-16(10-23)11-24-12-17/h7-9,11-12H,1-6H3. The quantitative estimate of drug-likeness (QED) is 0.457. The van der Waals surface area contributed by atoms with Gasteiger partial charge < -0.3 is 9.47 Å². The molecule has 13 heteroatoms. The minimum atomic E-state index is -4.33. The molecule has 0 saturated heterocycles. The molecule has 0 radical (unpaired) electrons. The molecule has 0 bridgehead atoms. The molecule has 0 saturated carbocycles. The zero-order valence-electron chi connectivity index (χ0n) is 19.9. The van der Waals surface area contributed by atoms with Crippen molar-refractivity contribution >= 4 is 25.7 Å². The van der Waals surface area contributed by atoms with Crippen LogP contribution < -0.4 is 13.2 Å². The van der Waals surface area contributed by atoms with Gasteiger partial charge in [0.25, 0.3) is 0 Å². The highest BCUT2D eigenvalue weighted by Crippen LogP contribution is 2.42. The predicted octanol–water partition coefficient (Wildman–Crippen LogP) is 2.86. The van der Waals surface area contributed by atoms with Crippen molar-refractivity contribution in [2.75, 3.05) is 23.3 Å². The van der Waals surface area contributed by atoms with Gasteiger partial charge in [0.05, 0.1) is 30.9 Å². The van der Waals surface area contributed by atoms with Gasteiger partial charge in [0.2, 0.25) is 25.9 Å². The van der Waals surface area contributed by atoms with E-state index in [1.54, 1.807) is 19.9 Å². The number of nitriles is 1. The lowest BCUT2D eigenvalue weighted by atomic mass is 10.1. The molecule has 0 N–H and O–H groups in total. The zero-order valence-corrected chi connectivity index (χ0v) is 21.5. The zero-order chi connectivity index (χ0) is 26.1. The summed E-state index contributed by atoms with van der Waals surface area (Å²) < 4.78 is 61.9. The van der Waals surface area contributed by atoms with Crippen molar-refractivity contribution in [1.82, 2.24) is 15.0 Å². The lowest BCUT2D eigenvalue weighted by Crippen LogP contribution is -2.35. The molecule has 3 rings (SSSR count). The van der Waals surface area contributed by atoms with Crippen molar-refractivity contribution in [3.8, 4) is 34.7 Å². The van der Waals surface area contributed by atoms with Crippen molar-refractivity contribution in [1.29, 1.82) is 5.26 Å². The lowest BCUT2D eigenvalue weighted by molar-refractivity contribution is 0.410. The first-order valence-electron chi connectivity index (χ1n) is 10.0. The fourth-order valence-corrected chi connectivity index (χ4v) is 6.48. The number of sulfonamides is 2. The highest BCUT2D eigenvalue weighted by atomic mass is 32.3. The van der Waals surface area contributed by atoms with Crippen molar-refractivity contribution in [3.63, 3.8) is 0 Å². The second-order valence-electron chi connectivity index (χ2n) is 7.76. The third-order valence-corrected chi connectivity index (χ3v) is 7.97. The Bertz CT molecular complexity index is 1510. The van der Waals surface area contributed by atoms with Crippen molar-refractivity contribution < 1.29 is 26.3 Å². The number of methoxy groups -OCH3 is 1. The number of aryl methyl sites for hydroxylation is 3. The Hall–Kier alpha value is -3.76. The molecular formula is C22H23N5O6S2. The molecule has 0 fully saturated rings. The third kappa shape index (κ3) is 5.50. The van der Waals surface area contributed by atoms with Gasteiger partial charge in [0.1, 0.15) is 23.2 Å². The van der Waals surface area contributed by atoms with Gasteiger partial charge >= 0.3 is 0 Å². The summed E-state index contributed by atoms with van der Waals surface area (Å²) >= 11 is 0. The summed E-state index contributed by atoms with van der Waals surface area (Å²) in [6.45, 7) is 5.28. The van der Waals surface area contributed by atoms with E-state index in [2.05, 4.69) is 15.0 Å². The van der Waals surface area contributed by atoms with Crippen LogP contribution >= 0.6 is 0 Å². The van der Waals surface area contributed by atoms with Crippen LogP contribution in [-0.4, -0.2) is 51.4 Å². The molecule has 0 atom stereocenters. The smallest absolute Gasteiger partial charge is 0.246 e. The lowest BCUT2D eigenvalue weighted by Gasteiger charge is -2.24. The molecule has 0 aliphatic heterocycles. The minimum Gasteiger partial charge on any atom is -0.494 e. The molecule has 3 heterocycles. The molecule has 0 aliphatic carbocycles. The Morgan fingerprint density at radius 1 is 0.971 bits per heavy atom. The molecule has 35 heavy (non-hydrogen) atoms. The molecular weight excluding hydrogens is 494 g/mol. The highest BCUT2D eigenvalue weighted by molar-refractivity contribution is 8.09. The number of nitrogens with zero attached hydrogens (tertiary/aromatic N) is 5. The van der Waals surface area contributed by atoms with Crippen LogP contribution in [0.1, 0.15) is 22.5 Å². The molecule has 184 valence electrons. The summed E-state index contributed by atoms with van der Waals surface area (Å²) in [5, 5.41) is 9.25. The van der Waals surface area contributed by atoms with Gasteiger partial charge in [-0.15, -0.1) is 0 Å². The van der Waals surface area contributed by atoms with Gasteiger partial charge in [-0.3, -0.25) is 9.97 Å². The molecule has 0 amide bonds. The molecule has 0 spiro atoms. The van der Waals surface area contributed by atoms with E-state index in [1.165, 1.54) is 31.6 Å². The average Bonchev–Trinajstić information content (AvgIpc) is 2.74. The van der Waals surface area contributed by atoms with Crippen LogP contribution in [0.5, 0.6) is 17.4 Å². The number of hydrogen-bond donors (Lipinski definition) is 0. The van der Waals surface area contributed by atoms with E-state index in [1.807, 2.05) is 13.0 Å². The third-order valence-electron chi connectivity index (χ3n) is 4.75. The fourth-order valence-electron chi connectivity index (χ4n) is 3.53. The first-order valence-corrected chi connectivity index (χ1v) is 13.7. The maximum absolute atomic E-state index is 12.6. The van der Waals surface area contributed by atoms with Crippen LogP contribution in [0.3, 0.4) is 0 Å². The number of rotatable bonds is 7. The van der Waals surface area contributed by atoms with Gasteiger partial charge in [0, 0.05) is 29.7 Å². The number of pyridine rings is 3. The van der Waals surface area contributed by atoms with Crippen LogP contribution in [0.4, 0.5) is 5.69 Å². The van der Waals surface area contributed by atoms with Gasteiger partial charge in [-0.25, -0.2) is 21.8 Å². The van der Waals surface area contributed by atoms with E-state index in [0.717, 1.165) is 18.2 Å². The van der Waals surface area contributed by atoms with Crippen molar-refractivity contribution in [2.45, 2.75) is 20.8 Å². The Morgan fingerprint density at radius 2 is 1.63 bits per heavy atom. The van der Waals surface area contributed by atoms with Crippen LogP contribution in [0.25, 0.3) is 11.3 Å². The largest absolute Gasteiger partial charge is 0.494 e. The topological polar surface area (TPSA) is 152 Å². The van der Waals surface area contributed by atoms with Crippen LogP contribution in [0.15, 0.2) is 30.6 Å². The monoisotopic (exact) mass is 517 g/mol. The summed E-state index contributed by atoms with van der Waals surface area (Å²) in [4.78, 5) is 12.8. The Balaban J connectivity index is 2.40. The molecule has 11 nitrogen and oxygen atoms in total. The normalized spacial score (nSPS) is 11.6. The fraction of sp³-hybridized carbons (Fsp3) is 0.273. The van der Waals surface area contributed by atoms with Gasteiger partial charge in [0.15, 0.2) is 5.75 Å². The van der Waals surface area contributed by atoms with E-state index in [0.29, 0.717) is 16.8 Å². The first-order chi connectivity index (χ1) is 16.3. The van der Waals surface area contributed by atoms with E-state index in [9.17, 15) is 22.1 Å². The maximum Gasteiger partial charge on any atom is 0.246 e. The molecule has 3 aromatic rings. The van der Waals surface area contributed by atoms with E-state index in [-0.39, 0.29) is 38.0 Å². The SMILES string of the molecule is COc1cc(N(S(C)(=O)=O)S(C)(=O)=O)c(Oc2c(C)cc(C)nc2C)nc1-c1cncc(C#N)c1. The number of anilines is 1. The van der Waals surface area contributed by atoms with Gasteiger partial charge in [-0.2, -0.15) is 8.97 Å². The van der Waals surface area contributed by atoms with E-state index in [4.69, 9.17) is 9.47 Å². The van der Waals surface area contributed by atoms with Crippen LogP contribution in [0.2, 0.25) is 0 Å². The Kier molecular flexibility index (Phi) is 7.00. The average molecular weight is 518 g/mol. The molecule has 0 aromatic carbocycles. The Morgan fingerprint density at radius 3 is 2.17 bits per heavy atom. The first kappa shape index (κ1) is 25.9. The molecule has 3 aromatic heterocycles. The summed E-state index contributed by atoms with van der Waals surface area (Å²) in [6, 6.07) is 6.45. The number of ether oxygens (including phenoxy) is 2. The van der Waals surface area contributed by atoms with E-state index >= 15 is 0 Å². The second-order valence-corrected chi connectivity index (χ2v) is 11.7. The number of aromatic nitrogens is 3. The Labute approximate surface area is 204 Å². The maximum atomic E-state index is 12.6.